The van der Waals surface area contributed by atoms with Crippen molar-refractivity contribution < 1.29 is 14.2 Å². The fraction of sp³-hybridized carbons (Fsp3) is 0.458. The zero-order valence-corrected chi connectivity index (χ0v) is 21.8. The van der Waals surface area contributed by atoms with E-state index < -0.39 is 0 Å². The van der Waals surface area contributed by atoms with Gasteiger partial charge in [-0.05, 0) is 43.2 Å². The third-order valence-corrected chi connectivity index (χ3v) is 5.45. The number of rotatable bonds is 8. The number of piperazine rings is 1. The second-order valence-electron chi connectivity index (χ2n) is 7.32. The maximum atomic E-state index is 5.53. The van der Waals surface area contributed by atoms with E-state index in [0.29, 0.717) is 6.54 Å². The van der Waals surface area contributed by atoms with Gasteiger partial charge in [0.25, 0.3) is 0 Å². The largest absolute Gasteiger partial charge is 0.495 e. The first-order valence-electron chi connectivity index (χ1n) is 10.8. The Kier molecular flexibility index (Phi) is 10.7. The van der Waals surface area contributed by atoms with Crippen LogP contribution in [0.4, 0.5) is 5.69 Å². The number of nitrogens with zero attached hydrogens (tertiary/aromatic N) is 3. The van der Waals surface area contributed by atoms with Crippen LogP contribution in [0.25, 0.3) is 0 Å². The fourth-order valence-corrected chi connectivity index (χ4v) is 3.80. The third kappa shape index (κ3) is 6.57. The predicted molar refractivity (Wildman–Crippen MR) is 141 cm³/mol. The van der Waals surface area contributed by atoms with Crippen LogP contribution >= 0.6 is 24.0 Å². The molecule has 0 unspecified atom stereocenters. The number of hydrogen-bond acceptors (Lipinski definition) is 5. The summed E-state index contributed by atoms with van der Waals surface area (Å²) in [7, 11) is 5.04. The molecule has 2 aromatic carbocycles. The number of anilines is 1. The van der Waals surface area contributed by atoms with Gasteiger partial charge in [0.2, 0.25) is 0 Å². The number of halogens is 1. The number of aliphatic imine (C=N–C) groups is 1. The summed E-state index contributed by atoms with van der Waals surface area (Å²) in [5, 5.41) is 3.44. The van der Waals surface area contributed by atoms with Crippen molar-refractivity contribution in [2.75, 3.05) is 65.5 Å². The molecule has 32 heavy (non-hydrogen) atoms. The predicted octanol–water partition coefficient (Wildman–Crippen LogP) is 3.66. The minimum absolute atomic E-state index is 0. The van der Waals surface area contributed by atoms with Gasteiger partial charge in [0.15, 0.2) is 17.5 Å². The van der Waals surface area contributed by atoms with Crippen LogP contribution in [0.2, 0.25) is 0 Å². The van der Waals surface area contributed by atoms with Crippen molar-refractivity contribution in [3.63, 3.8) is 0 Å². The van der Waals surface area contributed by atoms with Gasteiger partial charge in [0.05, 0.1) is 27.0 Å². The molecule has 1 aliphatic rings. The molecule has 0 aliphatic carbocycles. The molecule has 1 heterocycles. The minimum atomic E-state index is 0. The Bertz CT molecular complexity index is 870. The maximum absolute atomic E-state index is 5.53. The average Bonchev–Trinajstić information content (AvgIpc) is 2.83. The van der Waals surface area contributed by atoms with Crippen LogP contribution in [0.5, 0.6) is 17.2 Å². The monoisotopic (exact) mass is 554 g/mol. The van der Waals surface area contributed by atoms with E-state index in [1.807, 2.05) is 24.3 Å². The Labute approximate surface area is 208 Å². The van der Waals surface area contributed by atoms with Gasteiger partial charge < -0.3 is 29.3 Å². The summed E-state index contributed by atoms with van der Waals surface area (Å²) in [5.41, 5.74) is 2.33. The molecule has 8 heteroatoms. The molecule has 1 saturated heterocycles. The van der Waals surface area contributed by atoms with Crippen molar-refractivity contribution in [1.29, 1.82) is 0 Å². The molecule has 0 bridgehead atoms. The van der Waals surface area contributed by atoms with Gasteiger partial charge in [-0.2, -0.15) is 0 Å². The molecule has 3 rings (SSSR count). The van der Waals surface area contributed by atoms with E-state index in [1.54, 1.807) is 21.3 Å². The second-order valence-corrected chi connectivity index (χ2v) is 7.32. The van der Waals surface area contributed by atoms with Crippen molar-refractivity contribution in [2.45, 2.75) is 13.3 Å². The third-order valence-electron chi connectivity index (χ3n) is 5.45. The number of benzene rings is 2. The summed E-state index contributed by atoms with van der Waals surface area (Å²) in [6.45, 7) is 7.36. The Balaban J connectivity index is 0.00000363. The molecule has 0 aromatic heterocycles. The van der Waals surface area contributed by atoms with Crippen LogP contribution in [0.3, 0.4) is 0 Å². The van der Waals surface area contributed by atoms with Crippen molar-refractivity contribution in [3.05, 3.63) is 48.0 Å². The van der Waals surface area contributed by atoms with Gasteiger partial charge in [-0.3, -0.25) is 4.99 Å². The standard InChI is InChI=1S/C24H34N4O3.HI/c1-5-25-24(26-13-12-19-10-11-22(30-3)23(18-19)31-4)28-16-14-27(15-17-28)20-8-6-7-9-21(20)29-2;/h6-11,18H,5,12-17H2,1-4H3,(H,25,26);1H. The van der Waals surface area contributed by atoms with E-state index in [-0.39, 0.29) is 24.0 Å². The van der Waals surface area contributed by atoms with Crippen molar-refractivity contribution >= 4 is 35.6 Å². The second kappa shape index (κ2) is 13.2. The molecule has 0 spiro atoms. The highest BCUT2D eigenvalue weighted by Gasteiger charge is 2.21. The van der Waals surface area contributed by atoms with Crippen LogP contribution in [0, 0.1) is 0 Å². The number of ether oxygens (including phenoxy) is 3. The van der Waals surface area contributed by atoms with E-state index in [0.717, 1.165) is 68.0 Å². The summed E-state index contributed by atoms with van der Waals surface area (Å²) in [5.74, 6) is 3.40. The summed E-state index contributed by atoms with van der Waals surface area (Å²) in [6.07, 6.45) is 0.844. The van der Waals surface area contributed by atoms with Crippen LogP contribution in [-0.4, -0.2) is 71.5 Å². The zero-order chi connectivity index (χ0) is 22.1. The molecule has 0 saturated carbocycles. The molecule has 0 radical (unpaired) electrons. The van der Waals surface area contributed by atoms with Crippen molar-refractivity contribution in [2.24, 2.45) is 4.99 Å². The van der Waals surface area contributed by atoms with Gasteiger partial charge in [-0.1, -0.05) is 18.2 Å². The number of methoxy groups -OCH3 is 3. The smallest absolute Gasteiger partial charge is 0.194 e. The first kappa shape index (κ1) is 25.9. The van der Waals surface area contributed by atoms with Crippen molar-refractivity contribution in [1.82, 2.24) is 10.2 Å². The molecule has 2 aromatic rings. The van der Waals surface area contributed by atoms with E-state index >= 15 is 0 Å². The SMILES string of the molecule is CCNC(=NCCc1ccc(OC)c(OC)c1)N1CCN(c2ccccc2OC)CC1.I. The van der Waals surface area contributed by atoms with Gasteiger partial charge in [0, 0.05) is 39.3 Å². The first-order valence-corrected chi connectivity index (χ1v) is 10.8. The minimum Gasteiger partial charge on any atom is -0.495 e. The van der Waals surface area contributed by atoms with Crippen LogP contribution in [-0.2, 0) is 6.42 Å². The topological polar surface area (TPSA) is 58.6 Å². The van der Waals surface area contributed by atoms with E-state index in [4.69, 9.17) is 19.2 Å². The molecule has 0 amide bonds. The Morgan fingerprint density at radius 1 is 0.906 bits per heavy atom. The van der Waals surface area contributed by atoms with E-state index in [2.05, 4.69) is 40.2 Å². The number of hydrogen-bond donors (Lipinski definition) is 1. The Morgan fingerprint density at radius 2 is 1.59 bits per heavy atom. The normalized spacial score (nSPS) is 13.9. The van der Waals surface area contributed by atoms with Gasteiger partial charge >= 0.3 is 0 Å². The molecule has 1 aliphatic heterocycles. The molecular weight excluding hydrogens is 519 g/mol. The summed E-state index contributed by atoms with van der Waals surface area (Å²) in [4.78, 5) is 9.59. The molecule has 1 fully saturated rings. The van der Waals surface area contributed by atoms with Crippen molar-refractivity contribution in [3.8, 4) is 17.2 Å². The van der Waals surface area contributed by atoms with E-state index in [1.165, 1.54) is 5.56 Å². The lowest BCUT2D eigenvalue weighted by Crippen LogP contribution is -2.52. The number of nitrogens with one attached hydrogen (secondary N) is 1. The molecular formula is C24H35IN4O3. The van der Waals surface area contributed by atoms with Gasteiger partial charge in [0.1, 0.15) is 5.75 Å². The highest BCUT2D eigenvalue weighted by molar-refractivity contribution is 14.0. The fourth-order valence-electron chi connectivity index (χ4n) is 3.80. The summed E-state index contributed by atoms with van der Waals surface area (Å²) in [6, 6.07) is 14.2. The average molecular weight is 554 g/mol. The maximum Gasteiger partial charge on any atom is 0.194 e. The molecule has 1 N–H and O–H groups in total. The van der Waals surface area contributed by atoms with Crippen LogP contribution in [0.1, 0.15) is 12.5 Å². The van der Waals surface area contributed by atoms with Gasteiger partial charge in [-0.15, -0.1) is 24.0 Å². The highest BCUT2D eigenvalue weighted by Crippen LogP contribution is 2.29. The van der Waals surface area contributed by atoms with Crippen LogP contribution < -0.4 is 24.4 Å². The van der Waals surface area contributed by atoms with Crippen LogP contribution in [0.15, 0.2) is 47.5 Å². The molecule has 0 atom stereocenters. The first-order chi connectivity index (χ1) is 15.2. The lowest BCUT2D eigenvalue weighted by molar-refractivity contribution is 0.354. The lowest BCUT2D eigenvalue weighted by atomic mass is 10.1. The number of guanidine groups is 1. The highest BCUT2D eigenvalue weighted by atomic mass is 127. The quantitative estimate of drug-likeness (QED) is 0.306. The van der Waals surface area contributed by atoms with E-state index in [9.17, 15) is 0 Å². The zero-order valence-electron chi connectivity index (χ0n) is 19.5. The molecule has 176 valence electrons. The molecule has 7 nitrogen and oxygen atoms in total. The Morgan fingerprint density at radius 3 is 2.25 bits per heavy atom. The van der Waals surface area contributed by atoms with Gasteiger partial charge in [-0.25, -0.2) is 0 Å². The summed E-state index contributed by atoms with van der Waals surface area (Å²) < 4.78 is 16.3. The number of para-hydroxylation sites is 2. The lowest BCUT2D eigenvalue weighted by Gasteiger charge is -2.38. The Hall–Kier alpha value is -2.36. The summed E-state index contributed by atoms with van der Waals surface area (Å²) >= 11 is 0.